The van der Waals surface area contributed by atoms with Crippen molar-refractivity contribution in [1.82, 2.24) is 0 Å². The molecule has 0 aromatic carbocycles. The predicted molar refractivity (Wildman–Crippen MR) is 70.3 cm³/mol. The first-order valence-corrected chi connectivity index (χ1v) is 6.35. The van der Waals surface area contributed by atoms with Crippen molar-refractivity contribution in [2.45, 2.75) is 44.9 Å². The van der Waals surface area contributed by atoms with Gasteiger partial charge < -0.3 is 5.48 Å². The first kappa shape index (κ1) is 14.5. The predicted octanol–water partition coefficient (Wildman–Crippen LogP) is 3.69. The van der Waals surface area contributed by atoms with E-state index in [0.717, 1.165) is 0 Å². The molecule has 3 heteroatoms. The SMILES string of the molecule is C1=CC=NSC=C1.C1CCCCCC1.O. The van der Waals surface area contributed by atoms with Crippen molar-refractivity contribution < 1.29 is 5.48 Å². The highest BCUT2D eigenvalue weighted by Crippen LogP contribution is 2.15. The Bertz CT molecular complexity index is 178. The summed E-state index contributed by atoms with van der Waals surface area (Å²) in [5.74, 6) is 0. The summed E-state index contributed by atoms with van der Waals surface area (Å²) in [5.41, 5.74) is 0. The summed E-state index contributed by atoms with van der Waals surface area (Å²) in [4.78, 5) is 0. The van der Waals surface area contributed by atoms with Crippen LogP contribution in [0.25, 0.3) is 0 Å². The molecule has 0 spiro atoms. The van der Waals surface area contributed by atoms with Crippen LogP contribution in [0.3, 0.4) is 0 Å². The van der Waals surface area contributed by atoms with E-state index >= 15 is 0 Å². The average molecular weight is 227 g/mol. The molecule has 0 amide bonds. The molecule has 0 aromatic heterocycles. The van der Waals surface area contributed by atoms with E-state index in [2.05, 4.69) is 4.40 Å². The summed E-state index contributed by atoms with van der Waals surface area (Å²) in [6.07, 6.45) is 18.1. The highest BCUT2D eigenvalue weighted by Gasteiger charge is 1.95. The Morgan fingerprint density at radius 3 is 1.80 bits per heavy atom. The Kier molecular flexibility index (Phi) is 11.1. The van der Waals surface area contributed by atoms with Crippen molar-refractivity contribution in [3.05, 3.63) is 23.6 Å². The van der Waals surface area contributed by atoms with Gasteiger partial charge >= 0.3 is 0 Å². The molecule has 86 valence electrons. The van der Waals surface area contributed by atoms with E-state index in [1.165, 1.54) is 56.9 Å². The van der Waals surface area contributed by atoms with Crippen molar-refractivity contribution in [2.24, 2.45) is 4.40 Å². The smallest absolute Gasteiger partial charge is 0.0355 e. The highest BCUT2D eigenvalue weighted by molar-refractivity contribution is 8.01. The first-order chi connectivity index (χ1) is 7.00. The molecule has 0 saturated heterocycles. The first-order valence-electron chi connectivity index (χ1n) is 5.51. The number of nitrogens with zero attached hydrogens (tertiary/aromatic N) is 1. The third-order valence-corrected chi connectivity index (χ3v) is 2.84. The summed E-state index contributed by atoms with van der Waals surface area (Å²) in [6, 6.07) is 0. The van der Waals surface area contributed by atoms with Crippen LogP contribution < -0.4 is 0 Å². The molecule has 0 aromatic rings. The van der Waals surface area contributed by atoms with Gasteiger partial charge in [-0.2, -0.15) is 0 Å². The van der Waals surface area contributed by atoms with E-state index in [4.69, 9.17) is 0 Å². The Balaban J connectivity index is 0.000000245. The van der Waals surface area contributed by atoms with Crippen molar-refractivity contribution in [3.63, 3.8) is 0 Å². The van der Waals surface area contributed by atoms with Crippen LogP contribution in [0.2, 0.25) is 0 Å². The lowest BCUT2D eigenvalue weighted by Crippen LogP contribution is -1.66. The molecule has 0 radical (unpaired) electrons. The maximum atomic E-state index is 3.89. The van der Waals surface area contributed by atoms with Crippen LogP contribution in [0.1, 0.15) is 44.9 Å². The quantitative estimate of drug-likeness (QED) is 0.459. The normalized spacial score (nSPS) is 19.2. The number of rotatable bonds is 0. The van der Waals surface area contributed by atoms with Crippen LogP contribution in [0.15, 0.2) is 28.0 Å². The zero-order valence-corrected chi connectivity index (χ0v) is 10.0. The summed E-state index contributed by atoms with van der Waals surface area (Å²) in [5, 5.41) is 1.93. The second-order valence-corrected chi connectivity index (χ2v) is 4.24. The molecule has 2 N–H and O–H groups in total. The standard InChI is InChI=1S/C7H14.C5H5NS.H2O/c2*1-2-4-6-7-5-3-1;/h1-7H2;1-5H;1H2. The van der Waals surface area contributed by atoms with Gasteiger partial charge in [0.05, 0.1) is 0 Å². The Labute approximate surface area is 97.0 Å². The van der Waals surface area contributed by atoms with Gasteiger partial charge in [0.25, 0.3) is 0 Å². The van der Waals surface area contributed by atoms with Crippen molar-refractivity contribution >= 4 is 18.2 Å². The molecule has 1 aliphatic carbocycles. The molecule has 2 aliphatic rings. The van der Waals surface area contributed by atoms with E-state index in [0.29, 0.717) is 0 Å². The van der Waals surface area contributed by atoms with Gasteiger partial charge in [-0.3, -0.25) is 0 Å². The fourth-order valence-electron chi connectivity index (χ4n) is 1.54. The summed E-state index contributed by atoms with van der Waals surface area (Å²) >= 11 is 1.44. The molecular formula is C12H21NOS. The minimum atomic E-state index is 0. The zero-order chi connectivity index (χ0) is 9.90. The lowest BCUT2D eigenvalue weighted by atomic mass is 10.2. The van der Waals surface area contributed by atoms with Gasteiger partial charge in [0, 0.05) is 18.2 Å². The van der Waals surface area contributed by atoms with Gasteiger partial charge in [-0.05, 0) is 11.5 Å². The fourth-order valence-corrected chi connectivity index (χ4v) is 1.91. The van der Waals surface area contributed by atoms with Crippen molar-refractivity contribution in [3.8, 4) is 0 Å². The Hall–Kier alpha value is -0.540. The fraction of sp³-hybridized carbons (Fsp3) is 0.583. The van der Waals surface area contributed by atoms with Gasteiger partial charge in [-0.1, -0.05) is 57.1 Å². The molecule has 1 heterocycles. The van der Waals surface area contributed by atoms with Crippen LogP contribution in [-0.2, 0) is 0 Å². The summed E-state index contributed by atoms with van der Waals surface area (Å²) in [7, 11) is 0. The zero-order valence-electron chi connectivity index (χ0n) is 9.19. The van der Waals surface area contributed by atoms with E-state index in [1.54, 1.807) is 6.21 Å². The van der Waals surface area contributed by atoms with Crippen LogP contribution in [-0.4, -0.2) is 11.7 Å². The van der Waals surface area contributed by atoms with Crippen LogP contribution in [0, 0.1) is 0 Å². The van der Waals surface area contributed by atoms with Gasteiger partial charge in [0.2, 0.25) is 0 Å². The maximum Gasteiger partial charge on any atom is 0.0355 e. The van der Waals surface area contributed by atoms with Crippen LogP contribution in [0.5, 0.6) is 0 Å². The number of hydrogen-bond donors (Lipinski definition) is 0. The average Bonchev–Trinajstić information content (AvgIpc) is 2.68. The second-order valence-electron chi connectivity index (χ2n) is 3.55. The monoisotopic (exact) mass is 227 g/mol. The van der Waals surface area contributed by atoms with E-state index < -0.39 is 0 Å². The topological polar surface area (TPSA) is 43.9 Å². The second kappa shape index (κ2) is 11.5. The largest absolute Gasteiger partial charge is 0.412 e. The molecule has 2 nitrogen and oxygen atoms in total. The van der Waals surface area contributed by atoms with E-state index in [-0.39, 0.29) is 5.48 Å². The minimum absolute atomic E-state index is 0. The van der Waals surface area contributed by atoms with Gasteiger partial charge in [-0.25, -0.2) is 4.40 Å². The van der Waals surface area contributed by atoms with Gasteiger partial charge in [0.1, 0.15) is 0 Å². The molecule has 0 unspecified atom stereocenters. The van der Waals surface area contributed by atoms with Gasteiger partial charge in [0.15, 0.2) is 0 Å². The molecule has 1 fully saturated rings. The number of allylic oxidation sites excluding steroid dienone is 3. The molecule has 2 rings (SSSR count). The van der Waals surface area contributed by atoms with Crippen molar-refractivity contribution in [1.29, 1.82) is 0 Å². The van der Waals surface area contributed by atoms with Crippen LogP contribution >= 0.6 is 11.9 Å². The molecule has 1 aliphatic heterocycles. The molecule has 0 bridgehead atoms. The maximum absolute atomic E-state index is 3.89. The third-order valence-electron chi connectivity index (χ3n) is 2.32. The molecule has 1 saturated carbocycles. The number of hydrogen-bond acceptors (Lipinski definition) is 2. The van der Waals surface area contributed by atoms with Gasteiger partial charge in [-0.15, -0.1) is 0 Å². The molecular weight excluding hydrogens is 206 g/mol. The minimum Gasteiger partial charge on any atom is -0.412 e. The molecule has 0 atom stereocenters. The van der Waals surface area contributed by atoms with E-state index in [1.807, 2.05) is 23.6 Å². The third kappa shape index (κ3) is 9.76. The van der Waals surface area contributed by atoms with E-state index in [9.17, 15) is 0 Å². The summed E-state index contributed by atoms with van der Waals surface area (Å²) in [6.45, 7) is 0. The Morgan fingerprint density at radius 2 is 1.27 bits per heavy atom. The Morgan fingerprint density at radius 1 is 0.733 bits per heavy atom. The molecule has 15 heavy (non-hydrogen) atoms. The summed E-state index contributed by atoms with van der Waals surface area (Å²) < 4.78 is 3.89. The highest BCUT2D eigenvalue weighted by atomic mass is 32.2. The lowest BCUT2D eigenvalue weighted by molar-refractivity contribution is 0.702. The van der Waals surface area contributed by atoms with Crippen LogP contribution in [0.4, 0.5) is 0 Å². The van der Waals surface area contributed by atoms with Crippen molar-refractivity contribution in [2.75, 3.05) is 0 Å². The lowest BCUT2D eigenvalue weighted by Gasteiger charge is -1.85.